The zero-order valence-electron chi connectivity index (χ0n) is 19.2. The van der Waals surface area contributed by atoms with Crippen molar-refractivity contribution < 1.29 is 15.3 Å². The fraction of sp³-hybridized carbons (Fsp3) is 0.846. The van der Waals surface area contributed by atoms with Gasteiger partial charge in [-0.2, -0.15) is 0 Å². The topological polar surface area (TPSA) is 60.7 Å². The maximum atomic E-state index is 10.0. The van der Waals surface area contributed by atoms with Crippen LogP contribution in [-0.4, -0.2) is 33.1 Å². The molecule has 3 N–H and O–H groups in total. The first-order valence-corrected chi connectivity index (χ1v) is 12.1. The first kappa shape index (κ1) is 23.0. The zero-order valence-corrected chi connectivity index (χ0v) is 19.2. The van der Waals surface area contributed by atoms with E-state index in [4.69, 9.17) is 0 Å². The lowest BCUT2D eigenvalue weighted by Gasteiger charge is -2.44. The van der Waals surface area contributed by atoms with Gasteiger partial charge in [-0.1, -0.05) is 50.0 Å². The number of fused-ring (bicyclic) bond motifs is 1. The SMILES string of the molecule is C[C@H](CCCC(C)(C)O)[C@H]1CC[C@H]2/C(=C/C=C3\C[C@@H](O)C[C@@H](O)C3)CCC[C@]12C. The summed E-state index contributed by atoms with van der Waals surface area (Å²) >= 11 is 0. The molecule has 0 aromatic heterocycles. The van der Waals surface area contributed by atoms with Crippen molar-refractivity contribution in [3.8, 4) is 0 Å². The molecule has 0 aromatic carbocycles. The maximum absolute atomic E-state index is 10.0. The molecule has 0 bridgehead atoms. The first-order chi connectivity index (χ1) is 13.6. The van der Waals surface area contributed by atoms with Crippen molar-refractivity contribution in [3.63, 3.8) is 0 Å². The largest absolute Gasteiger partial charge is 0.393 e. The highest BCUT2D eigenvalue weighted by atomic mass is 16.3. The van der Waals surface area contributed by atoms with Crippen LogP contribution in [0.25, 0.3) is 0 Å². The van der Waals surface area contributed by atoms with Gasteiger partial charge in [-0.05, 0) is 94.8 Å². The van der Waals surface area contributed by atoms with E-state index >= 15 is 0 Å². The Hall–Kier alpha value is -0.640. The lowest BCUT2D eigenvalue weighted by atomic mass is 9.60. The predicted octanol–water partition coefficient (Wildman–Crippen LogP) is 5.54. The molecule has 0 radical (unpaired) electrons. The van der Waals surface area contributed by atoms with E-state index in [-0.39, 0.29) is 12.2 Å². The highest BCUT2D eigenvalue weighted by Crippen LogP contribution is 2.59. The van der Waals surface area contributed by atoms with Crippen LogP contribution in [0, 0.1) is 23.2 Å². The molecular formula is C26H44O3. The Kier molecular flexibility index (Phi) is 7.34. The Morgan fingerprint density at radius 2 is 1.83 bits per heavy atom. The molecule has 6 atom stereocenters. The molecule has 3 aliphatic carbocycles. The summed E-state index contributed by atoms with van der Waals surface area (Å²) in [5.74, 6) is 2.19. The van der Waals surface area contributed by atoms with Crippen LogP contribution in [0.1, 0.15) is 98.3 Å². The van der Waals surface area contributed by atoms with E-state index in [1.807, 2.05) is 13.8 Å². The van der Waals surface area contributed by atoms with Crippen LogP contribution in [0.4, 0.5) is 0 Å². The van der Waals surface area contributed by atoms with Crippen molar-refractivity contribution in [3.05, 3.63) is 23.3 Å². The molecule has 0 saturated heterocycles. The highest BCUT2D eigenvalue weighted by Gasteiger charge is 2.50. The summed E-state index contributed by atoms with van der Waals surface area (Å²) in [6.07, 6.45) is 15.4. The second-order valence-electron chi connectivity index (χ2n) is 11.3. The third-order valence-electron chi connectivity index (χ3n) is 8.25. The van der Waals surface area contributed by atoms with E-state index in [0.29, 0.717) is 36.5 Å². The van der Waals surface area contributed by atoms with E-state index in [1.165, 1.54) is 44.1 Å². The molecule has 0 amide bonds. The molecule has 3 heteroatoms. The quantitative estimate of drug-likeness (QED) is 0.545. The van der Waals surface area contributed by atoms with Gasteiger partial charge in [0.2, 0.25) is 0 Å². The molecule has 0 heterocycles. The van der Waals surface area contributed by atoms with Gasteiger partial charge < -0.3 is 15.3 Å². The Bertz CT molecular complexity index is 602. The van der Waals surface area contributed by atoms with Crippen LogP contribution in [0.2, 0.25) is 0 Å². The smallest absolute Gasteiger partial charge is 0.0602 e. The number of hydrogen-bond acceptors (Lipinski definition) is 3. The molecule has 0 spiro atoms. The average molecular weight is 405 g/mol. The van der Waals surface area contributed by atoms with Gasteiger partial charge in [0, 0.05) is 0 Å². The fourth-order valence-electron chi connectivity index (χ4n) is 6.80. The lowest BCUT2D eigenvalue weighted by Crippen LogP contribution is -2.36. The maximum Gasteiger partial charge on any atom is 0.0602 e. The molecule has 3 aliphatic rings. The van der Waals surface area contributed by atoms with Crippen LogP contribution in [0.5, 0.6) is 0 Å². The number of aliphatic hydroxyl groups excluding tert-OH is 2. The Morgan fingerprint density at radius 3 is 2.48 bits per heavy atom. The van der Waals surface area contributed by atoms with Crippen LogP contribution < -0.4 is 0 Å². The lowest BCUT2D eigenvalue weighted by molar-refractivity contribution is 0.0591. The van der Waals surface area contributed by atoms with Gasteiger partial charge in [-0.25, -0.2) is 0 Å². The van der Waals surface area contributed by atoms with Gasteiger partial charge in [0.1, 0.15) is 0 Å². The third kappa shape index (κ3) is 5.74. The molecular weight excluding hydrogens is 360 g/mol. The van der Waals surface area contributed by atoms with Crippen LogP contribution in [0.15, 0.2) is 23.3 Å². The molecule has 3 fully saturated rings. The van der Waals surface area contributed by atoms with E-state index in [2.05, 4.69) is 26.0 Å². The second-order valence-corrected chi connectivity index (χ2v) is 11.3. The van der Waals surface area contributed by atoms with Crippen LogP contribution in [-0.2, 0) is 0 Å². The molecule has 3 nitrogen and oxygen atoms in total. The van der Waals surface area contributed by atoms with Crippen molar-refractivity contribution >= 4 is 0 Å². The molecule has 0 unspecified atom stereocenters. The van der Waals surface area contributed by atoms with Crippen molar-refractivity contribution in [2.75, 3.05) is 0 Å². The fourth-order valence-corrected chi connectivity index (χ4v) is 6.80. The van der Waals surface area contributed by atoms with Gasteiger partial charge in [-0.3, -0.25) is 0 Å². The van der Waals surface area contributed by atoms with Crippen LogP contribution >= 0.6 is 0 Å². The van der Waals surface area contributed by atoms with Crippen LogP contribution in [0.3, 0.4) is 0 Å². The van der Waals surface area contributed by atoms with Gasteiger partial charge in [0.15, 0.2) is 0 Å². The highest BCUT2D eigenvalue weighted by molar-refractivity contribution is 5.26. The minimum Gasteiger partial charge on any atom is -0.393 e. The van der Waals surface area contributed by atoms with E-state index in [1.54, 1.807) is 5.57 Å². The van der Waals surface area contributed by atoms with Gasteiger partial charge >= 0.3 is 0 Å². The summed E-state index contributed by atoms with van der Waals surface area (Å²) in [7, 11) is 0. The number of aliphatic hydroxyl groups is 3. The average Bonchev–Trinajstić information content (AvgIpc) is 2.95. The molecule has 166 valence electrons. The van der Waals surface area contributed by atoms with E-state index in [9.17, 15) is 15.3 Å². The third-order valence-corrected chi connectivity index (χ3v) is 8.25. The minimum absolute atomic E-state index is 0.388. The summed E-state index contributed by atoms with van der Waals surface area (Å²) in [5, 5.41) is 29.9. The Balaban J connectivity index is 1.66. The summed E-state index contributed by atoms with van der Waals surface area (Å²) in [5.41, 5.74) is 2.66. The molecule has 0 aromatic rings. The predicted molar refractivity (Wildman–Crippen MR) is 120 cm³/mol. The van der Waals surface area contributed by atoms with Gasteiger partial charge in [0.25, 0.3) is 0 Å². The number of allylic oxidation sites excluding steroid dienone is 3. The monoisotopic (exact) mass is 404 g/mol. The Morgan fingerprint density at radius 1 is 1.14 bits per heavy atom. The summed E-state index contributed by atoms with van der Waals surface area (Å²) in [6, 6.07) is 0. The van der Waals surface area contributed by atoms with E-state index < -0.39 is 5.60 Å². The minimum atomic E-state index is -0.545. The number of hydrogen-bond donors (Lipinski definition) is 3. The zero-order chi connectivity index (χ0) is 21.2. The summed E-state index contributed by atoms with van der Waals surface area (Å²) in [4.78, 5) is 0. The standard InChI is InChI=1S/C26H44O3/c1-18(7-5-13-25(2,3)29)23-11-12-24-20(8-6-14-26(23,24)4)10-9-19-15-21(27)17-22(28)16-19/h9-10,18,21-24,27-29H,5-8,11-17H2,1-4H3/b19-9-,20-10+/t18-,21+,22-,23-,24+,26-/m1/s1. The van der Waals surface area contributed by atoms with Crippen molar-refractivity contribution in [1.82, 2.24) is 0 Å². The van der Waals surface area contributed by atoms with Gasteiger partial charge in [-0.15, -0.1) is 0 Å². The van der Waals surface area contributed by atoms with Crippen molar-refractivity contribution in [1.29, 1.82) is 0 Å². The molecule has 3 saturated carbocycles. The first-order valence-electron chi connectivity index (χ1n) is 12.1. The van der Waals surface area contributed by atoms with Crippen molar-refractivity contribution in [2.45, 2.75) is 116 Å². The normalized spacial score (nSPS) is 39.7. The number of rotatable bonds is 6. The molecule has 3 rings (SSSR count). The summed E-state index contributed by atoms with van der Waals surface area (Å²) < 4.78 is 0. The van der Waals surface area contributed by atoms with E-state index in [0.717, 1.165) is 18.8 Å². The second kappa shape index (κ2) is 9.24. The van der Waals surface area contributed by atoms with Gasteiger partial charge in [0.05, 0.1) is 17.8 Å². The van der Waals surface area contributed by atoms with Crippen molar-refractivity contribution in [2.24, 2.45) is 23.2 Å². The molecule has 29 heavy (non-hydrogen) atoms. The Labute approximate surface area is 178 Å². The molecule has 0 aliphatic heterocycles. The summed E-state index contributed by atoms with van der Waals surface area (Å²) in [6.45, 7) is 8.81.